The molecule has 60 valence electrons. The van der Waals surface area contributed by atoms with E-state index in [1.165, 1.54) is 0 Å². The molecule has 2 aromatic heterocycles. The Morgan fingerprint density at radius 1 is 1.58 bits per heavy atom. The zero-order chi connectivity index (χ0) is 8.55. The predicted octanol–water partition coefficient (Wildman–Crippen LogP) is 2.03. The second kappa shape index (κ2) is 2.60. The first-order valence-corrected chi connectivity index (χ1v) is 3.78. The Labute approximate surface area is 73.4 Å². The summed E-state index contributed by atoms with van der Waals surface area (Å²) in [5, 5.41) is 0.346. The Bertz CT molecular complexity index is 436. The third-order valence-electron chi connectivity index (χ3n) is 1.66. The van der Waals surface area contributed by atoms with Gasteiger partial charge in [-0.3, -0.25) is 9.78 Å². The molecule has 2 heterocycles. The summed E-state index contributed by atoms with van der Waals surface area (Å²) in [6.07, 6.45) is 2.33. The van der Waals surface area contributed by atoms with Crippen LogP contribution in [0.25, 0.3) is 11.0 Å². The molecule has 0 atom stereocenters. The predicted molar refractivity (Wildman–Crippen MR) is 46.5 cm³/mol. The number of hydrogen-bond acceptors (Lipinski definition) is 2. The van der Waals surface area contributed by atoms with Crippen LogP contribution in [0.5, 0.6) is 0 Å². The summed E-state index contributed by atoms with van der Waals surface area (Å²) >= 11 is 5.74. The van der Waals surface area contributed by atoms with E-state index in [1.54, 1.807) is 12.3 Å². The van der Waals surface area contributed by atoms with E-state index >= 15 is 0 Å². The van der Waals surface area contributed by atoms with Crippen LogP contribution < -0.4 is 0 Å². The van der Waals surface area contributed by atoms with Gasteiger partial charge in [-0.05, 0) is 12.1 Å². The van der Waals surface area contributed by atoms with Gasteiger partial charge in [-0.25, -0.2) is 0 Å². The maximum Gasteiger partial charge on any atom is 0.155 e. The molecule has 0 aliphatic rings. The molecular weight excluding hydrogens is 176 g/mol. The van der Waals surface area contributed by atoms with E-state index in [0.717, 1.165) is 5.52 Å². The summed E-state index contributed by atoms with van der Waals surface area (Å²) in [5.74, 6) is 0. The first-order valence-electron chi connectivity index (χ1n) is 3.40. The second-order valence-electron chi connectivity index (χ2n) is 2.37. The largest absolute Gasteiger partial charge is 0.344 e. The van der Waals surface area contributed by atoms with Gasteiger partial charge in [0.1, 0.15) is 5.15 Å². The molecule has 0 spiro atoms. The molecule has 2 aromatic rings. The van der Waals surface area contributed by atoms with Crippen molar-refractivity contribution in [3.8, 4) is 0 Å². The summed E-state index contributed by atoms with van der Waals surface area (Å²) in [4.78, 5) is 17.4. The standard InChI is InChI=1S/C8H5ClN2O/c9-8-5(4-12)7-6(11-8)2-1-3-10-7/h1-4,11H. The highest BCUT2D eigenvalue weighted by molar-refractivity contribution is 6.33. The van der Waals surface area contributed by atoms with Crippen LogP contribution in [0.15, 0.2) is 18.3 Å². The minimum Gasteiger partial charge on any atom is -0.344 e. The highest BCUT2D eigenvalue weighted by Crippen LogP contribution is 2.21. The summed E-state index contributed by atoms with van der Waals surface area (Å²) in [6.45, 7) is 0. The molecule has 0 aliphatic carbocycles. The summed E-state index contributed by atoms with van der Waals surface area (Å²) in [6, 6.07) is 3.60. The van der Waals surface area contributed by atoms with Gasteiger partial charge in [0.2, 0.25) is 0 Å². The normalized spacial score (nSPS) is 10.4. The third-order valence-corrected chi connectivity index (χ3v) is 1.96. The maximum absolute atomic E-state index is 10.6. The van der Waals surface area contributed by atoms with Crippen LogP contribution in [0, 0.1) is 0 Å². The van der Waals surface area contributed by atoms with Gasteiger partial charge >= 0.3 is 0 Å². The van der Waals surface area contributed by atoms with E-state index < -0.39 is 0 Å². The number of nitrogens with zero attached hydrogens (tertiary/aromatic N) is 1. The van der Waals surface area contributed by atoms with Gasteiger partial charge in [-0.1, -0.05) is 11.6 Å². The lowest BCUT2D eigenvalue weighted by Gasteiger charge is -1.85. The molecule has 0 unspecified atom stereocenters. The van der Waals surface area contributed by atoms with Gasteiger partial charge in [0, 0.05) is 6.20 Å². The molecule has 0 fully saturated rings. The van der Waals surface area contributed by atoms with E-state index in [4.69, 9.17) is 11.6 Å². The minimum absolute atomic E-state index is 0.346. The van der Waals surface area contributed by atoms with Crippen LogP contribution in [0.1, 0.15) is 10.4 Å². The van der Waals surface area contributed by atoms with Gasteiger partial charge in [0.15, 0.2) is 6.29 Å². The molecule has 0 aromatic carbocycles. The van der Waals surface area contributed by atoms with Crippen LogP contribution in [0.2, 0.25) is 5.15 Å². The third kappa shape index (κ3) is 0.905. The molecule has 4 heteroatoms. The highest BCUT2D eigenvalue weighted by Gasteiger charge is 2.08. The fraction of sp³-hybridized carbons (Fsp3) is 0. The van der Waals surface area contributed by atoms with Gasteiger partial charge in [0.25, 0.3) is 0 Å². The van der Waals surface area contributed by atoms with Crippen molar-refractivity contribution in [3.05, 3.63) is 29.0 Å². The number of rotatable bonds is 1. The van der Waals surface area contributed by atoms with Gasteiger partial charge in [-0.2, -0.15) is 0 Å². The van der Waals surface area contributed by atoms with E-state index in [9.17, 15) is 4.79 Å². The summed E-state index contributed by atoms with van der Waals surface area (Å²) in [5.41, 5.74) is 1.83. The maximum atomic E-state index is 10.6. The number of hydrogen-bond donors (Lipinski definition) is 1. The van der Waals surface area contributed by atoms with Crippen molar-refractivity contribution in [3.63, 3.8) is 0 Å². The number of aromatic nitrogens is 2. The molecule has 0 aliphatic heterocycles. The van der Waals surface area contributed by atoms with E-state index in [0.29, 0.717) is 22.5 Å². The molecule has 0 radical (unpaired) electrons. The summed E-state index contributed by atoms with van der Waals surface area (Å²) < 4.78 is 0. The number of fused-ring (bicyclic) bond motifs is 1. The monoisotopic (exact) mass is 180 g/mol. The first kappa shape index (κ1) is 7.31. The zero-order valence-corrected chi connectivity index (χ0v) is 6.80. The average Bonchev–Trinajstić information content (AvgIpc) is 2.40. The Morgan fingerprint density at radius 3 is 3.17 bits per heavy atom. The Hall–Kier alpha value is -1.35. The molecule has 1 N–H and O–H groups in total. The van der Waals surface area contributed by atoms with E-state index in [-0.39, 0.29) is 0 Å². The van der Waals surface area contributed by atoms with Crippen LogP contribution in [0.4, 0.5) is 0 Å². The van der Waals surface area contributed by atoms with Crippen LogP contribution >= 0.6 is 11.6 Å². The van der Waals surface area contributed by atoms with Crippen molar-refractivity contribution in [1.82, 2.24) is 9.97 Å². The lowest BCUT2D eigenvalue weighted by atomic mass is 10.3. The van der Waals surface area contributed by atoms with Crippen molar-refractivity contribution >= 4 is 28.9 Å². The van der Waals surface area contributed by atoms with Crippen molar-refractivity contribution in [2.75, 3.05) is 0 Å². The minimum atomic E-state index is 0.346. The lowest BCUT2D eigenvalue weighted by Crippen LogP contribution is -1.78. The number of nitrogens with one attached hydrogen (secondary N) is 1. The fourth-order valence-electron chi connectivity index (χ4n) is 1.12. The lowest BCUT2D eigenvalue weighted by molar-refractivity contribution is 0.112. The van der Waals surface area contributed by atoms with E-state index in [1.807, 2.05) is 6.07 Å². The number of aromatic amines is 1. The van der Waals surface area contributed by atoms with Crippen LogP contribution in [-0.2, 0) is 0 Å². The number of carbonyl (C=O) groups excluding carboxylic acids is 1. The fourth-order valence-corrected chi connectivity index (χ4v) is 1.35. The zero-order valence-electron chi connectivity index (χ0n) is 6.04. The van der Waals surface area contributed by atoms with Crippen LogP contribution in [-0.4, -0.2) is 16.3 Å². The van der Waals surface area contributed by atoms with Crippen molar-refractivity contribution in [2.45, 2.75) is 0 Å². The number of halogens is 1. The molecule has 0 saturated heterocycles. The molecule has 0 saturated carbocycles. The molecule has 12 heavy (non-hydrogen) atoms. The molecular formula is C8H5ClN2O. The highest BCUT2D eigenvalue weighted by atomic mass is 35.5. The molecule has 2 rings (SSSR count). The Balaban J connectivity index is 2.90. The first-order chi connectivity index (χ1) is 5.83. The number of carbonyl (C=O) groups is 1. The number of pyridine rings is 1. The molecule has 0 amide bonds. The average molecular weight is 181 g/mol. The summed E-state index contributed by atoms with van der Waals surface area (Å²) in [7, 11) is 0. The quantitative estimate of drug-likeness (QED) is 0.683. The van der Waals surface area contributed by atoms with E-state index in [2.05, 4.69) is 9.97 Å². The van der Waals surface area contributed by atoms with Crippen LogP contribution in [0.3, 0.4) is 0 Å². The Morgan fingerprint density at radius 2 is 2.42 bits per heavy atom. The SMILES string of the molecule is O=Cc1c(Cl)[nH]c2cccnc12. The second-order valence-corrected chi connectivity index (χ2v) is 2.75. The Kier molecular flexibility index (Phi) is 1.59. The number of aldehydes is 1. The van der Waals surface area contributed by atoms with Crippen molar-refractivity contribution in [1.29, 1.82) is 0 Å². The van der Waals surface area contributed by atoms with Crippen molar-refractivity contribution in [2.24, 2.45) is 0 Å². The smallest absolute Gasteiger partial charge is 0.155 e. The van der Waals surface area contributed by atoms with Gasteiger partial charge < -0.3 is 4.98 Å². The van der Waals surface area contributed by atoms with Gasteiger partial charge in [-0.15, -0.1) is 0 Å². The topological polar surface area (TPSA) is 45.8 Å². The van der Waals surface area contributed by atoms with Gasteiger partial charge in [0.05, 0.1) is 16.6 Å². The molecule has 3 nitrogen and oxygen atoms in total. The molecule has 0 bridgehead atoms. The van der Waals surface area contributed by atoms with Crippen molar-refractivity contribution < 1.29 is 4.79 Å². The number of H-pyrrole nitrogens is 1.